The van der Waals surface area contributed by atoms with E-state index in [4.69, 9.17) is 9.47 Å². The van der Waals surface area contributed by atoms with Crippen LogP contribution in [0.3, 0.4) is 0 Å². The Morgan fingerprint density at radius 3 is 2.12 bits per heavy atom. The lowest BCUT2D eigenvalue weighted by Gasteiger charge is -2.19. The van der Waals surface area contributed by atoms with Crippen LogP contribution in [-0.4, -0.2) is 36.2 Å². The molecule has 1 aliphatic rings. The Morgan fingerprint density at radius 2 is 1.40 bits per heavy atom. The van der Waals surface area contributed by atoms with Crippen molar-refractivity contribution in [2.75, 3.05) is 23.8 Å². The maximum absolute atomic E-state index is 13.2. The molecule has 0 aromatic heterocycles. The molecule has 3 amide bonds. The van der Waals surface area contributed by atoms with E-state index in [9.17, 15) is 14.4 Å². The molecular weight excluding hydrogens is 550 g/mol. The Balaban J connectivity index is 1.21. The molecule has 1 atom stereocenters. The highest BCUT2D eigenvalue weighted by atomic mass is 32.2. The summed E-state index contributed by atoms with van der Waals surface area (Å²) in [7, 11) is 0. The molecule has 0 aliphatic carbocycles. The third-order valence-electron chi connectivity index (χ3n) is 6.24. The highest BCUT2D eigenvalue weighted by Crippen LogP contribution is 2.33. The second kappa shape index (κ2) is 13.6. The fourth-order valence-corrected chi connectivity index (χ4v) is 4.96. The Kier molecular flexibility index (Phi) is 9.20. The van der Waals surface area contributed by atoms with Crippen LogP contribution < -0.4 is 25.4 Å². The van der Waals surface area contributed by atoms with Crippen molar-refractivity contribution in [2.24, 2.45) is 0 Å². The normalized spacial score (nSPS) is 13.0. The molecule has 1 aliphatic heterocycles. The van der Waals surface area contributed by atoms with Crippen LogP contribution in [0.25, 0.3) is 6.08 Å². The minimum absolute atomic E-state index is 0.109. The van der Waals surface area contributed by atoms with Gasteiger partial charge in [0.2, 0.25) is 5.91 Å². The van der Waals surface area contributed by atoms with Gasteiger partial charge in [-0.15, -0.1) is 11.8 Å². The van der Waals surface area contributed by atoms with Crippen molar-refractivity contribution >= 4 is 46.9 Å². The Morgan fingerprint density at radius 1 is 0.762 bits per heavy atom. The maximum Gasteiger partial charge on any atom is 0.272 e. The van der Waals surface area contributed by atoms with Gasteiger partial charge in [0.05, 0.1) is 5.25 Å². The third-order valence-corrected chi connectivity index (χ3v) is 7.36. The van der Waals surface area contributed by atoms with Gasteiger partial charge in [0.25, 0.3) is 11.8 Å². The van der Waals surface area contributed by atoms with E-state index in [0.717, 1.165) is 10.5 Å². The van der Waals surface area contributed by atoms with Gasteiger partial charge in [0, 0.05) is 27.9 Å². The van der Waals surface area contributed by atoms with Crippen molar-refractivity contribution in [3.8, 4) is 11.5 Å². The van der Waals surface area contributed by atoms with Crippen molar-refractivity contribution in [2.45, 2.75) is 17.1 Å². The summed E-state index contributed by atoms with van der Waals surface area (Å²) in [5, 5.41) is 8.12. The molecule has 0 fully saturated rings. The molecule has 0 bridgehead atoms. The van der Waals surface area contributed by atoms with Crippen molar-refractivity contribution < 1.29 is 23.9 Å². The largest absolute Gasteiger partial charge is 0.486 e. The number of thioether (sulfide) groups is 1. The topological polar surface area (TPSA) is 106 Å². The zero-order chi connectivity index (χ0) is 29.3. The SMILES string of the molecule is CC(Sc1ccc(NC(=O)/C(=C/c2ccccc2)NC(=O)c2ccccc2)cc1)C(=O)Nc1ccc2c(c1)OCCO2. The van der Waals surface area contributed by atoms with Gasteiger partial charge < -0.3 is 25.4 Å². The maximum atomic E-state index is 13.2. The lowest BCUT2D eigenvalue weighted by atomic mass is 10.1. The van der Waals surface area contributed by atoms with E-state index < -0.39 is 5.91 Å². The standard InChI is InChI=1S/C33H29N3O5S/c1-22(31(37)35-26-14-17-29-30(21-26)41-19-18-40-29)42-27-15-12-25(13-16-27)34-33(39)28(20-23-8-4-2-5-9-23)36-32(38)24-10-6-3-7-11-24/h2-17,20-22H,18-19H2,1H3,(H,34,39)(H,35,37)(H,36,38)/b28-20-. The first-order valence-electron chi connectivity index (χ1n) is 13.4. The summed E-state index contributed by atoms with van der Waals surface area (Å²) in [6.07, 6.45) is 1.63. The van der Waals surface area contributed by atoms with E-state index in [2.05, 4.69) is 16.0 Å². The summed E-state index contributed by atoms with van der Waals surface area (Å²) >= 11 is 1.39. The number of nitrogens with one attached hydrogen (secondary N) is 3. The van der Waals surface area contributed by atoms with E-state index in [0.29, 0.717) is 41.7 Å². The van der Waals surface area contributed by atoms with Gasteiger partial charge in [-0.2, -0.15) is 0 Å². The van der Waals surface area contributed by atoms with Crippen molar-refractivity contribution in [1.82, 2.24) is 5.32 Å². The Bertz CT molecular complexity index is 1590. The number of hydrogen-bond acceptors (Lipinski definition) is 6. The van der Waals surface area contributed by atoms with Gasteiger partial charge in [-0.05, 0) is 67.1 Å². The van der Waals surface area contributed by atoms with Crippen molar-refractivity contribution in [1.29, 1.82) is 0 Å². The number of carbonyl (C=O) groups is 3. The van der Waals surface area contributed by atoms with Crippen LogP contribution >= 0.6 is 11.8 Å². The first kappa shape index (κ1) is 28.5. The molecule has 8 nitrogen and oxygen atoms in total. The number of benzene rings is 4. The fraction of sp³-hybridized carbons (Fsp3) is 0.121. The van der Waals surface area contributed by atoms with Gasteiger partial charge in [0.1, 0.15) is 18.9 Å². The van der Waals surface area contributed by atoms with E-state index in [1.807, 2.05) is 55.5 Å². The quantitative estimate of drug-likeness (QED) is 0.166. The minimum Gasteiger partial charge on any atom is -0.486 e. The average Bonchev–Trinajstić information content (AvgIpc) is 3.02. The minimum atomic E-state index is -0.462. The van der Waals surface area contributed by atoms with Gasteiger partial charge in [-0.25, -0.2) is 0 Å². The van der Waals surface area contributed by atoms with E-state index in [-0.39, 0.29) is 22.8 Å². The van der Waals surface area contributed by atoms with E-state index in [1.165, 1.54) is 11.8 Å². The number of rotatable bonds is 9. The Labute approximate surface area is 248 Å². The molecular formula is C33H29N3O5S. The molecule has 212 valence electrons. The molecule has 4 aromatic rings. The molecule has 1 heterocycles. The van der Waals surface area contributed by atoms with Crippen LogP contribution in [0, 0.1) is 0 Å². The molecule has 4 aromatic carbocycles. The number of fused-ring (bicyclic) bond motifs is 1. The van der Waals surface area contributed by atoms with Gasteiger partial charge in [0.15, 0.2) is 11.5 Å². The van der Waals surface area contributed by atoms with Crippen molar-refractivity contribution in [3.63, 3.8) is 0 Å². The predicted octanol–water partition coefficient (Wildman–Crippen LogP) is 5.99. The summed E-state index contributed by atoms with van der Waals surface area (Å²) in [6, 6.07) is 30.5. The number of ether oxygens (including phenoxy) is 2. The van der Waals surface area contributed by atoms with Gasteiger partial charge in [-0.3, -0.25) is 14.4 Å². The Hall–Kier alpha value is -5.02. The molecule has 0 saturated heterocycles. The molecule has 1 unspecified atom stereocenters. The van der Waals surface area contributed by atoms with Crippen LogP contribution in [0.1, 0.15) is 22.8 Å². The third kappa shape index (κ3) is 7.58. The average molecular weight is 580 g/mol. The summed E-state index contributed by atoms with van der Waals surface area (Å²) in [4.78, 5) is 39.7. The van der Waals surface area contributed by atoms with Crippen LogP contribution in [-0.2, 0) is 9.59 Å². The lowest BCUT2D eigenvalue weighted by molar-refractivity contribution is -0.115. The van der Waals surface area contributed by atoms with Gasteiger partial charge in [-0.1, -0.05) is 48.5 Å². The number of carbonyl (C=O) groups excluding carboxylic acids is 3. The van der Waals surface area contributed by atoms with Crippen LogP contribution in [0.4, 0.5) is 11.4 Å². The molecule has 0 radical (unpaired) electrons. The van der Waals surface area contributed by atoms with E-state index >= 15 is 0 Å². The monoisotopic (exact) mass is 579 g/mol. The number of hydrogen-bond donors (Lipinski definition) is 3. The first-order chi connectivity index (χ1) is 20.4. The second-order valence-corrected chi connectivity index (χ2v) is 10.8. The molecule has 0 spiro atoms. The van der Waals surface area contributed by atoms with Crippen LogP contribution in [0.15, 0.2) is 114 Å². The first-order valence-corrected chi connectivity index (χ1v) is 14.2. The fourth-order valence-electron chi connectivity index (χ4n) is 4.10. The smallest absolute Gasteiger partial charge is 0.272 e. The summed E-state index contributed by atoms with van der Waals surface area (Å²) in [5.74, 6) is 0.270. The highest BCUT2D eigenvalue weighted by molar-refractivity contribution is 8.00. The van der Waals surface area contributed by atoms with E-state index in [1.54, 1.807) is 60.7 Å². The molecule has 0 saturated carbocycles. The summed E-state index contributed by atoms with van der Waals surface area (Å²) in [6.45, 7) is 2.80. The van der Waals surface area contributed by atoms with Crippen molar-refractivity contribution in [3.05, 3.63) is 120 Å². The molecule has 3 N–H and O–H groups in total. The second-order valence-electron chi connectivity index (χ2n) is 9.38. The van der Waals surface area contributed by atoms with Crippen LogP contribution in [0.5, 0.6) is 11.5 Å². The molecule has 5 rings (SSSR count). The number of amides is 3. The zero-order valence-electron chi connectivity index (χ0n) is 22.8. The predicted molar refractivity (Wildman–Crippen MR) is 165 cm³/mol. The zero-order valence-corrected chi connectivity index (χ0v) is 23.6. The molecule has 42 heavy (non-hydrogen) atoms. The summed E-state index contributed by atoms with van der Waals surface area (Å²) < 4.78 is 11.1. The van der Waals surface area contributed by atoms with Gasteiger partial charge >= 0.3 is 0 Å². The highest BCUT2D eigenvalue weighted by Gasteiger charge is 2.18. The molecule has 9 heteroatoms. The summed E-state index contributed by atoms with van der Waals surface area (Å²) in [5.41, 5.74) is 2.50. The number of anilines is 2. The van der Waals surface area contributed by atoms with Crippen LogP contribution in [0.2, 0.25) is 0 Å². The lowest BCUT2D eigenvalue weighted by Crippen LogP contribution is -2.30.